The second-order valence-corrected chi connectivity index (χ2v) is 5.14. The van der Waals surface area contributed by atoms with E-state index in [1.165, 1.54) is 55.6 Å². The first-order valence-corrected chi connectivity index (χ1v) is 6.43. The molecule has 0 amide bonds. The largest absolute Gasteiger partial charge is 0.382 e. The van der Waals surface area contributed by atoms with E-state index in [9.17, 15) is 0 Å². The zero-order chi connectivity index (χ0) is 11.0. The first kappa shape index (κ1) is 10.0. The summed E-state index contributed by atoms with van der Waals surface area (Å²) in [6.07, 6.45) is 6.67. The Morgan fingerprint density at radius 2 is 2.06 bits per heavy atom. The smallest absolute Gasteiger partial charge is 0.0417 e. The average Bonchev–Trinajstić information content (AvgIpc) is 2.90. The van der Waals surface area contributed by atoms with Gasteiger partial charge in [0.05, 0.1) is 0 Å². The van der Waals surface area contributed by atoms with Crippen molar-refractivity contribution in [2.24, 2.45) is 0 Å². The molecule has 0 unspecified atom stereocenters. The zero-order valence-electron chi connectivity index (χ0n) is 10.00. The molecule has 0 aromatic heterocycles. The molecule has 0 atom stereocenters. The van der Waals surface area contributed by atoms with E-state index in [2.05, 4.69) is 35.5 Å². The maximum Gasteiger partial charge on any atom is 0.0417 e. The van der Waals surface area contributed by atoms with Crippen molar-refractivity contribution in [3.05, 3.63) is 23.8 Å². The minimum Gasteiger partial charge on any atom is -0.382 e. The lowest BCUT2D eigenvalue weighted by atomic mass is 10.1. The van der Waals surface area contributed by atoms with Gasteiger partial charge >= 0.3 is 0 Å². The van der Waals surface area contributed by atoms with Gasteiger partial charge in [0.2, 0.25) is 0 Å². The summed E-state index contributed by atoms with van der Waals surface area (Å²) in [5, 5.41) is 3.66. The van der Waals surface area contributed by atoms with Crippen LogP contribution in [-0.2, 0) is 6.42 Å². The second-order valence-electron chi connectivity index (χ2n) is 5.14. The van der Waals surface area contributed by atoms with Crippen molar-refractivity contribution in [1.82, 2.24) is 0 Å². The fraction of sp³-hybridized carbons (Fsp3) is 0.571. The van der Waals surface area contributed by atoms with Crippen LogP contribution >= 0.6 is 0 Å². The quantitative estimate of drug-likeness (QED) is 0.817. The number of nitrogens with zero attached hydrogens (tertiary/aromatic N) is 1. The van der Waals surface area contributed by atoms with E-state index in [1.54, 1.807) is 0 Å². The lowest BCUT2D eigenvalue weighted by Crippen LogP contribution is -2.15. The Hall–Kier alpha value is -1.18. The van der Waals surface area contributed by atoms with E-state index in [1.807, 2.05) is 0 Å². The lowest BCUT2D eigenvalue weighted by molar-refractivity contribution is 0.755. The van der Waals surface area contributed by atoms with Crippen LogP contribution in [0.4, 0.5) is 11.4 Å². The second kappa shape index (κ2) is 4.00. The molecule has 3 rings (SSSR count). The SMILES string of the molecule is CN1CCc2ccc(NC3CCCC3)cc21. The van der Waals surface area contributed by atoms with Crippen LogP contribution in [0.3, 0.4) is 0 Å². The molecule has 0 bridgehead atoms. The number of anilines is 2. The molecule has 86 valence electrons. The lowest BCUT2D eigenvalue weighted by Gasteiger charge is -2.17. The molecule has 1 aromatic rings. The van der Waals surface area contributed by atoms with Crippen molar-refractivity contribution in [3.8, 4) is 0 Å². The van der Waals surface area contributed by atoms with Gasteiger partial charge in [-0.3, -0.25) is 0 Å². The molecule has 16 heavy (non-hydrogen) atoms. The molecule has 1 fully saturated rings. The summed E-state index contributed by atoms with van der Waals surface area (Å²) >= 11 is 0. The number of fused-ring (bicyclic) bond motifs is 1. The monoisotopic (exact) mass is 216 g/mol. The van der Waals surface area contributed by atoms with E-state index < -0.39 is 0 Å². The molecule has 1 aliphatic heterocycles. The highest BCUT2D eigenvalue weighted by Crippen LogP contribution is 2.31. The summed E-state index contributed by atoms with van der Waals surface area (Å²) in [7, 11) is 2.19. The molecule has 0 spiro atoms. The highest BCUT2D eigenvalue weighted by Gasteiger charge is 2.18. The van der Waals surface area contributed by atoms with Crippen LogP contribution in [0.5, 0.6) is 0 Å². The molecule has 0 radical (unpaired) electrons. The Morgan fingerprint density at radius 3 is 2.88 bits per heavy atom. The van der Waals surface area contributed by atoms with Gasteiger partial charge < -0.3 is 10.2 Å². The molecule has 2 nitrogen and oxygen atoms in total. The molecule has 1 N–H and O–H groups in total. The highest BCUT2D eigenvalue weighted by atomic mass is 15.1. The molecule has 2 heteroatoms. The van der Waals surface area contributed by atoms with Gasteiger partial charge in [-0.15, -0.1) is 0 Å². The van der Waals surface area contributed by atoms with Gasteiger partial charge in [0, 0.05) is 31.0 Å². The Labute approximate surface area is 97.6 Å². The molecule has 0 saturated heterocycles. The van der Waals surface area contributed by atoms with Crippen molar-refractivity contribution in [2.75, 3.05) is 23.8 Å². The molecule has 1 saturated carbocycles. The van der Waals surface area contributed by atoms with Crippen molar-refractivity contribution in [1.29, 1.82) is 0 Å². The van der Waals surface area contributed by atoms with Crippen molar-refractivity contribution >= 4 is 11.4 Å². The maximum absolute atomic E-state index is 3.66. The number of benzene rings is 1. The standard InChI is InChI=1S/C14H20N2/c1-16-9-8-11-6-7-13(10-14(11)16)15-12-4-2-3-5-12/h6-7,10,12,15H,2-5,8-9H2,1H3. The zero-order valence-corrected chi connectivity index (χ0v) is 10.00. The van der Waals surface area contributed by atoms with Crippen molar-refractivity contribution in [3.63, 3.8) is 0 Å². The van der Waals surface area contributed by atoms with Crippen molar-refractivity contribution < 1.29 is 0 Å². The van der Waals surface area contributed by atoms with Crippen LogP contribution in [-0.4, -0.2) is 19.6 Å². The predicted molar refractivity (Wildman–Crippen MR) is 69.3 cm³/mol. The minimum absolute atomic E-state index is 0.713. The molecular weight excluding hydrogens is 196 g/mol. The number of likely N-dealkylation sites (N-methyl/N-ethyl adjacent to an activating group) is 1. The Kier molecular flexibility index (Phi) is 2.50. The summed E-state index contributed by atoms with van der Waals surface area (Å²) in [6, 6.07) is 7.57. The van der Waals surface area contributed by atoms with E-state index in [0.29, 0.717) is 6.04 Å². The fourth-order valence-corrected chi connectivity index (χ4v) is 2.93. The van der Waals surface area contributed by atoms with Crippen LogP contribution in [0, 0.1) is 0 Å². The van der Waals surface area contributed by atoms with Crippen LogP contribution in [0.15, 0.2) is 18.2 Å². The molecule has 2 aliphatic rings. The number of rotatable bonds is 2. The van der Waals surface area contributed by atoms with E-state index in [-0.39, 0.29) is 0 Å². The summed E-state index contributed by atoms with van der Waals surface area (Å²) in [4.78, 5) is 2.36. The Bertz CT molecular complexity index is 380. The minimum atomic E-state index is 0.713. The van der Waals surface area contributed by atoms with Gasteiger partial charge in [-0.2, -0.15) is 0 Å². The van der Waals surface area contributed by atoms with Crippen LogP contribution in [0.25, 0.3) is 0 Å². The van der Waals surface area contributed by atoms with Gasteiger partial charge in [-0.25, -0.2) is 0 Å². The number of nitrogens with one attached hydrogen (secondary N) is 1. The fourth-order valence-electron chi connectivity index (χ4n) is 2.93. The van der Waals surface area contributed by atoms with E-state index >= 15 is 0 Å². The molecule has 1 heterocycles. The summed E-state index contributed by atoms with van der Waals surface area (Å²) in [5.74, 6) is 0. The Morgan fingerprint density at radius 1 is 1.25 bits per heavy atom. The summed E-state index contributed by atoms with van der Waals surface area (Å²) in [6.45, 7) is 1.17. The maximum atomic E-state index is 3.66. The Balaban J connectivity index is 1.78. The summed E-state index contributed by atoms with van der Waals surface area (Å²) in [5.41, 5.74) is 4.22. The number of hydrogen-bond donors (Lipinski definition) is 1. The van der Waals surface area contributed by atoms with Gasteiger partial charge in [-0.05, 0) is 37.0 Å². The van der Waals surface area contributed by atoms with Crippen LogP contribution in [0.2, 0.25) is 0 Å². The van der Waals surface area contributed by atoms with Gasteiger partial charge in [0.25, 0.3) is 0 Å². The number of hydrogen-bond acceptors (Lipinski definition) is 2. The van der Waals surface area contributed by atoms with Gasteiger partial charge in [-0.1, -0.05) is 18.9 Å². The van der Waals surface area contributed by atoms with Gasteiger partial charge in [0.1, 0.15) is 0 Å². The molecular formula is C14H20N2. The normalized spacial score (nSPS) is 20.2. The van der Waals surface area contributed by atoms with Crippen LogP contribution < -0.4 is 10.2 Å². The van der Waals surface area contributed by atoms with Crippen molar-refractivity contribution in [2.45, 2.75) is 38.1 Å². The first-order valence-electron chi connectivity index (χ1n) is 6.43. The average molecular weight is 216 g/mol. The van der Waals surface area contributed by atoms with E-state index in [4.69, 9.17) is 0 Å². The third-order valence-electron chi connectivity index (χ3n) is 3.94. The third-order valence-corrected chi connectivity index (χ3v) is 3.94. The summed E-state index contributed by atoms with van der Waals surface area (Å²) < 4.78 is 0. The predicted octanol–water partition coefficient (Wildman–Crippen LogP) is 3.03. The molecule has 1 aromatic carbocycles. The third kappa shape index (κ3) is 1.77. The van der Waals surface area contributed by atoms with E-state index in [0.717, 1.165) is 0 Å². The van der Waals surface area contributed by atoms with Crippen LogP contribution in [0.1, 0.15) is 31.2 Å². The first-order chi connectivity index (χ1) is 7.83. The molecule has 1 aliphatic carbocycles. The van der Waals surface area contributed by atoms with Gasteiger partial charge in [0.15, 0.2) is 0 Å². The topological polar surface area (TPSA) is 15.3 Å². The highest BCUT2D eigenvalue weighted by molar-refractivity contribution is 5.65.